The second-order valence-corrected chi connectivity index (χ2v) is 11.9. The molecule has 0 bridgehead atoms. The summed E-state index contributed by atoms with van der Waals surface area (Å²) in [5, 5.41) is 0. The van der Waals surface area contributed by atoms with Gasteiger partial charge >= 0.3 is 150 Å². The van der Waals surface area contributed by atoms with E-state index in [1.54, 1.807) is 8.89 Å². The maximum atomic E-state index is 2.44. The average molecular weight is 537 g/mol. The number of nitrogens with zero attached hydrogens (tertiary/aromatic N) is 1. The van der Waals surface area contributed by atoms with Crippen LogP contribution < -0.4 is 24.8 Å². The third kappa shape index (κ3) is 3.82. The van der Waals surface area contributed by atoms with Crippen LogP contribution in [0.2, 0.25) is 0 Å². The van der Waals surface area contributed by atoms with E-state index in [2.05, 4.69) is 80.1 Å². The molecule has 0 radical (unpaired) electrons. The summed E-state index contributed by atoms with van der Waals surface area (Å²) in [6.07, 6.45) is 10.6. The number of halogens is 2. The average Bonchev–Trinajstić information content (AvgIpc) is 3.19. The van der Waals surface area contributed by atoms with E-state index in [0.29, 0.717) is 3.67 Å². The smallest absolute Gasteiger partial charge is 1.00 e. The van der Waals surface area contributed by atoms with E-state index in [0.717, 1.165) is 0 Å². The number of hydrogen-bond donors (Lipinski definition) is 0. The summed E-state index contributed by atoms with van der Waals surface area (Å²) in [6.45, 7) is 6.71. The van der Waals surface area contributed by atoms with Crippen LogP contribution in [0.1, 0.15) is 39.4 Å². The largest absolute Gasteiger partial charge is 1.00 e. The van der Waals surface area contributed by atoms with Crippen molar-refractivity contribution in [3.8, 4) is 0 Å². The molecule has 1 atom stereocenters. The van der Waals surface area contributed by atoms with Gasteiger partial charge in [0, 0.05) is 0 Å². The first kappa shape index (κ1) is 20.5. The van der Waals surface area contributed by atoms with Crippen molar-refractivity contribution in [3.05, 3.63) is 80.0 Å². The Morgan fingerprint density at radius 1 is 1.08 bits per heavy atom. The zero-order chi connectivity index (χ0) is 16.0. The molecule has 0 amide bonds. The summed E-state index contributed by atoms with van der Waals surface area (Å²) < 4.78 is 4.87. The Hall–Kier alpha value is -0.830. The van der Waals surface area contributed by atoms with Crippen molar-refractivity contribution in [2.75, 3.05) is 0 Å². The Labute approximate surface area is 174 Å². The van der Waals surface area contributed by atoms with Crippen molar-refractivity contribution < 1.29 is 47.7 Å². The van der Waals surface area contributed by atoms with E-state index in [1.165, 1.54) is 34.5 Å². The predicted octanol–water partition coefficient (Wildman–Crippen LogP) is -0.518. The van der Waals surface area contributed by atoms with Gasteiger partial charge in [-0.1, -0.05) is 0 Å². The molecular weight excluding hydrogens is 516 g/mol. The number of hydrogen-bond acceptors (Lipinski definition) is 0. The van der Waals surface area contributed by atoms with Gasteiger partial charge in [-0.25, -0.2) is 0 Å². The molecule has 0 N–H and O–H groups in total. The molecule has 1 unspecified atom stereocenters. The molecule has 0 saturated heterocycles. The van der Waals surface area contributed by atoms with E-state index in [9.17, 15) is 0 Å². The van der Waals surface area contributed by atoms with Gasteiger partial charge in [0.2, 0.25) is 0 Å². The fourth-order valence-electron chi connectivity index (χ4n) is 3.65. The minimum absolute atomic E-state index is 0. The van der Waals surface area contributed by atoms with Crippen molar-refractivity contribution in [3.63, 3.8) is 0 Å². The van der Waals surface area contributed by atoms with Crippen molar-refractivity contribution in [2.45, 2.75) is 30.9 Å². The molecule has 0 aliphatic heterocycles. The summed E-state index contributed by atoms with van der Waals surface area (Å²) in [6, 6.07) is 11.3. The fraction of sp³-hybridized carbons (Fsp3) is 0.238. The summed E-state index contributed by atoms with van der Waals surface area (Å²) in [5.41, 5.74) is 8.73. The van der Waals surface area contributed by atoms with Crippen LogP contribution in [0.3, 0.4) is 0 Å². The Kier molecular flexibility index (Phi) is 6.75. The molecule has 2 aliphatic rings. The molecule has 25 heavy (non-hydrogen) atoms. The first-order valence-electron chi connectivity index (χ1n) is 8.23. The standard InChI is InChI=1S/C15H14N.C6H7.2ClH.Hf/c1-11-7-12(2)16(10-11)15-8-13-5-3-4-6-14(13)9-15;1-6-4-2-3-5-6;;;/h3-10H,1-2H3;2,4H,3H2,1H3;2*1H;/q;;;;+2/p-2. The number of aromatic nitrogens is 1. The molecule has 4 rings (SSSR count). The van der Waals surface area contributed by atoms with Gasteiger partial charge in [-0.3, -0.25) is 0 Å². The van der Waals surface area contributed by atoms with E-state index >= 15 is 0 Å². The number of aryl methyl sites for hydroxylation is 2. The molecule has 1 aromatic heterocycles. The van der Waals surface area contributed by atoms with Crippen molar-refractivity contribution in [2.24, 2.45) is 0 Å². The van der Waals surface area contributed by atoms with Crippen LogP contribution in [0.15, 0.2) is 57.6 Å². The minimum atomic E-state index is -0.956. The van der Waals surface area contributed by atoms with Crippen LogP contribution in [-0.4, -0.2) is 4.57 Å². The maximum Gasteiger partial charge on any atom is -1.00 e. The normalized spacial score (nSPS) is 17.6. The van der Waals surface area contributed by atoms with E-state index in [1.807, 2.05) is 0 Å². The third-order valence-electron chi connectivity index (χ3n) is 4.82. The first-order valence-corrected chi connectivity index (χ1v) is 12.1. The Morgan fingerprint density at radius 3 is 2.48 bits per heavy atom. The number of fused-ring (bicyclic) bond motifs is 1. The van der Waals surface area contributed by atoms with Crippen LogP contribution in [0, 0.1) is 13.8 Å². The Morgan fingerprint density at radius 2 is 1.84 bits per heavy atom. The summed E-state index contributed by atoms with van der Waals surface area (Å²) in [7, 11) is 0. The minimum Gasteiger partial charge on any atom is -1.00 e. The van der Waals surface area contributed by atoms with Crippen LogP contribution in [0.4, 0.5) is 0 Å². The topological polar surface area (TPSA) is 4.93 Å². The molecule has 0 fully saturated rings. The summed E-state index contributed by atoms with van der Waals surface area (Å²) in [5.74, 6) is 0. The molecular formula is C21H21Cl2HfN. The van der Waals surface area contributed by atoms with Gasteiger partial charge in [-0.2, -0.15) is 0 Å². The second kappa shape index (κ2) is 8.24. The molecule has 1 aromatic carbocycles. The number of allylic oxidation sites excluding steroid dienone is 5. The van der Waals surface area contributed by atoms with Gasteiger partial charge in [0.15, 0.2) is 0 Å². The summed E-state index contributed by atoms with van der Waals surface area (Å²) >= 11 is -0.956. The van der Waals surface area contributed by atoms with Gasteiger partial charge in [-0.05, 0) is 0 Å². The van der Waals surface area contributed by atoms with Crippen molar-refractivity contribution in [1.29, 1.82) is 0 Å². The molecule has 0 saturated carbocycles. The first-order chi connectivity index (χ1) is 11.1. The maximum absolute atomic E-state index is 2.44. The SMILES string of the molecule is CC1=[C]([Hf+2][CH]2C(n3cc(C)cc3C)=Cc3ccccc32)CC=C1.[Cl-].[Cl-]. The van der Waals surface area contributed by atoms with E-state index in [4.69, 9.17) is 0 Å². The second-order valence-electron chi connectivity index (χ2n) is 6.57. The molecule has 128 valence electrons. The molecule has 1 heterocycles. The van der Waals surface area contributed by atoms with Crippen molar-refractivity contribution >= 4 is 11.8 Å². The predicted molar refractivity (Wildman–Crippen MR) is 93.7 cm³/mol. The van der Waals surface area contributed by atoms with Crippen molar-refractivity contribution in [1.82, 2.24) is 4.57 Å². The quantitative estimate of drug-likeness (QED) is 0.466. The Balaban J connectivity index is 0.00000113. The summed E-state index contributed by atoms with van der Waals surface area (Å²) in [4.78, 5) is 0. The van der Waals surface area contributed by atoms with E-state index in [-0.39, 0.29) is 24.8 Å². The van der Waals surface area contributed by atoms with Gasteiger partial charge < -0.3 is 24.8 Å². The van der Waals surface area contributed by atoms with Crippen LogP contribution in [0.25, 0.3) is 11.8 Å². The monoisotopic (exact) mass is 537 g/mol. The Bertz CT molecular complexity index is 874. The van der Waals surface area contributed by atoms with Gasteiger partial charge in [-0.15, -0.1) is 0 Å². The number of rotatable bonds is 3. The van der Waals surface area contributed by atoms with E-state index < -0.39 is 22.9 Å². The van der Waals surface area contributed by atoms with Gasteiger partial charge in [0.1, 0.15) is 0 Å². The molecule has 0 spiro atoms. The van der Waals surface area contributed by atoms with Crippen LogP contribution in [-0.2, 0) is 22.9 Å². The van der Waals surface area contributed by atoms with Gasteiger partial charge in [0.05, 0.1) is 0 Å². The molecule has 4 heteroatoms. The van der Waals surface area contributed by atoms with Gasteiger partial charge in [0.25, 0.3) is 0 Å². The number of benzene rings is 1. The molecule has 1 nitrogen and oxygen atoms in total. The van der Waals surface area contributed by atoms with Crippen LogP contribution in [0.5, 0.6) is 0 Å². The molecule has 2 aromatic rings. The zero-order valence-electron chi connectivity index (χ0n) is 14.7. The fourth-order valence-corrected chi connectivity index (χ4v) is 9.70. The van der Waals surface area contributed by atoms with Crippen LogP contribution >= 0.6 is 0 Å². The zero-order valence-corrected chi connectivity index (χ0v) is 19.8. The third-order valence-corrected chi connectivity index (χ3v) is 11.4. The molecule has 2 aliphatic carbocycles.